The monoisotopic (exact) mass is 244 g/mol. The van der Waals surface area contributed by atoms with E-state index in [0.717, 1.165) is 6.54 Å². The first-order chi connectivity index (χ1) is 8.24. The van der Waals surface area contributed by atoms with Crippen molar-refractivity contribution in [1.82, 2.24) is 0 Å². The fourth-order valence-electron chi connectivity index (χ4n) is 1.69. The Morgan fingerprint density at radius 3 is 2.24 bits per heavy atom. The van der Waals surface area contributed by atoms with Crippen LogP contribution in [-0.4, -0.2) is 5.25 Å². The standard InChI is InChI=1S/C15H18NS/c1-13(2)17-15-8-10-16(11-9-15)12-14-6-4-3-5-7-14/h3-11,13H,12H2,1-2H3/q+1. The number of nitrogens with zero attached hydrogens (tertiary/aromatic N) is 1. The van der Waals surface area contributed by atoms with Crippen molar-refractivity contribution >= 4 is 11.8 Å². The first-order valence-corrected chi connectivity index (χ1v) is 6.82. The van der Waals surface area contributed by atoms with Crippen LogP contribution in [0.2, 0.25) is 0 Å². The molecule has 88 valence electrons. The van der Waals surface area contributed by atoms with Crippen LogP contribution in [0.1, 0.15) is 19.4 Å². The summed E-state index contributed by atoms with van der Waals surface area (Å²) in [5, 5.41) is 0.639. The lowest BCUT2D eigenvalue weighted by molar-refractivity contribution is -0.688. The van der Waals surface area contributed by atoms with Crippen LogP contribution in [0.3, 0.4) is 0 Å². The summed E-state index contributed by atoms with van der Waals surface area (Å²) in [6.45, 7) is 5.37. The van der Waals surface area contributed by atoms with E-state index in [4.69, 9.17) is 0 Å². The van der Waals surface area contributed by atoms with Gasteiger partial charge in [0.15, 0.2) is 18.9 Å². The fraction of sp³-hybridized carbons (Fsp3) is 0.267. The maximum absolute atomic E-state index is 2.22. The van der Waals surface area contributed by atoms with Gasteiger partial charge in [-0.3, -0.25) is 0 Å². The van der Waals surface area contributed by atoms with E-state index in [-0.39, 0.29) is 0 Å². The topological polar surface area (TPSA) is 3.88 Å². The van der Waals surface area contributed by atoms with Crippen molar-refractivity contribution < 1.29 is 4.57 Å². The van der Waals surface area contributed by atoms with Crippen LogP contribution in [0.5, 0.6) is 0 Å². The van der Waals surface area contributed by atoms with E-state index < -0.39 is 0 Å². The van der Waals surface area contributed by atoms with Gasteiger partial charge < -0.3 is 0 Å². The zero-order valence-corrected chi connectivity index (χ0v) is 11.2. The van der Waals surface area contributed by atoms with E-state index in [0.29, 0.717) is 5.25 Å². The summed E-state index contributed by atoms with van der Waals surface area (Å²) in [5.41, 5.74) is 1.33. The Morgan fingerprint density at radius 1 is 1.00 bits per heavy atom. The molecule has 1 nitrogen and oxygen atoms in total. The minimum atomic E-state index is 0.639. The van der Waals surface area contributed by atoms with Crippen molar-refractivity contribution in [2.24, 2.45) is 0 Å². The molecule has 0 aliphatic rings. The van der Waals surface area contributed by atoms with Gasteiger partial charge in [-0.2, -0.15) is 0 Å². The van der Waals surface area contributed by atoms with E-state index in [9.17, 15) is 0 Å². The van der Waals surface area contributed by atoms with Crippen molar-refractivity contribution in [1.29, 1.82) is 0 Å². The number of aromatic nitrogens is 1. The summed E-state index contributed by atoms with van der Waals surface area (Å²) in [6.07, 6.45) is 4.30. The average molecular weight is 244 g/mol. The Morgan fingerprint density at radius 2 is 1.65 bits per heavy atom. The molecule has 0 bridgehead atoms. The molecule has 0 spiro atoms. The quantitative estimate of drug-likeness (QED) is 0.588. The lowest BCUT2D eigenvalue weighted by atomic mass is 10.2. The van der Waals surface area contributed by atoms with Gasteiger partial charge in [0.1, 0.15) is 0 Å². The molecule has 2 rings (SSSR count). The van der Waals surface area contributed by atoms with Gasteiger partial charge in [0.25, 0.3) is 0 Å². The van der Waals surface area contributed by atoms with Gasteiger partial charge in [-0.05, 0) is 0 Å². The van der Waals surface area contributed by atoms with Crippen LogP contribution in [0, 0.1) is 0 Å². The maximum atomic E-state index is 2.22. The second kappa shape index (κ2) is 5.87. The molecule has 0 unspecified atom stereocenters. The lowest BCUT2D eigenvalue weighted by Gasteiger charge is -2.03. The Balaban J connectivity index is 2.03. The highest BCUT2D eigenvalue weighted by Crippen LogP contribution is 2.20. The molecule has 0 amide bonds. The van der Waals surface area contributed by atoms with Gasteiger partial charge >= 0.3 is 0 Å². The predicted octanol–water partition coefficient (Wildman–Crippen LogP) is 3.52. The Labute approximate surface area is 108 Å². The molecule has 0 saturated carbocycles. The summed E-state index contributed by atoms with van der Waals surface area (Å²) >= 11 is 1.90. The molecule has 17 heavy (non-hydrogen) atoms. The lowest BCUT2D eigenvalue weighted by Crippen LogP contribution is -2.32. The summed E-state index contributed by atoms with van der Waals surface area (Å²) in [5.74, 6) is 0. The highest BCUT2D eigenvalue weighted by Gasteiger charge is 2.03. The zero-order valence-electron chi connectivity index (χ0n) is 10.3. The van der Waals surface area contributed by atoms with Crippen LogP contribution < -0.4 is 4.57 Å². The predicted molar refractivity (Wildman–Crippen MR) is 73.2 cm³/mol. The van der Waals surface area contributed by atoms with Crippen LogP contribution in [0.15, 0.2) is 59.8 Å². The van der Waals surface area contributed by atoms with Crippen molar-refractivity contribution in [2.45, 2.75) is 30.5 Å². The third-order valence-corrected chi connectivity index (χ3v) is 3.46. The van der Waals surface area contributed by atoms with Gasteiger partial charge in [0.2, 0.25) is 0 Å². The smallest absolute Gasteiger partial charge is 0.173 e. The first-order valence-electron chi connectivity index (χ1n) is 5.94. The van der Waals surface area contributed by atoms with Crippen molar-refractivity contribution in [2.75, 3.05) is 0 Å². The Kier molecular flexibility index (Phi) is 4.21. The normalized spacial score (nSPS) is 10.8. The van der Waals surface area contributed by atoms with Gasteiger partial charge in [0.05, 0.1) is 0 Å². The van der Waals surface area contributed by atoms with Crippen LogP contribution in [0.25, 0.3) is 0 Å². The molecule has 1 aromatic carbocycles. The molecular formula is C15H18NS+. The second-order valence-electron chi connectivity index (χ2n) is 4.36. The molecule has 0 aliphatic heterocycles. The van der Waals surface area contributed by atoms with Crippen molar-refractivity contribution in [3.63, 3.8) is 0 Å². The fourth-order valence-corrected chi connectivity index (χ4v) is 2.52. The number of pyridine rings is 1. The Bertz CT molecular complexity index is 448. The van der Waals surface area contributed by atoms with E-state index in [2.05, 4.69) is 73.3 Å². The number of hydrogen-bond donors (Lipinski definition) is 0. The highest BCUT2D eigenvalue weighted by atomic mass is 32.2. The first kappa shape index (κ1) is 12.2. The van der Waals surface area contributed by atoms with Crippen LogP contribution in [-0.2, 0) is 6.54 Å². The molecule has 1 heterocycles. The summed E-state index contributed by atoms with van der Waals surface area (Å²) in [6, 6.07) is 14.9. The SMILES string of the molecule is CC(C)Sc1cc[n+](Cc2ccccc2)cc1. The second-order valence-corrected chi connectivity index (χ2v) is 6.01. The Hall–Kier alpha value is -1.28. The molecular weight excluding hydrogens is 226 g/mol. The molecule has 0 atom stereocenters. The molecule has 0 aliphatic carbocycles. The molecule has 0 N–H and O–H groups in total. The third-order valence-electron chi connectivity index (χ3n) is 2.44. The minimum Gasteiger partial charge on any atom is -0.201 e. The number of hydrogen-bond acceptors (Lipinski definition) is 1. The van der Waals surface area contributed by atoms with Gasteiger partial charge in [-0.25, -0.2) is 4.57 Å². The molecule has 0 fully saturated rings. The van der Waals surface area contributed by atoms with Gasteiger partial charge in [0, 0.05) is 27.8 Å². The number of thioether (sulfide) groups is 1. The van der Waals surface area contributed by atoms with E-state index in [1.54, 1.807) is 0 Å². The van der Waals surface area contributed by atoms with E-state index in [1.807, 2.05) is 11.8 Å². The number of benzene rings is 1. The van der Waals surface area contributed by atoms with Crippen molar-refractivity contribution in [3.05, 3.63) is 60.4 Å². The zero-order chi connectivity index (χ0) is 12.1. The van der Waals surface area contributed by atoms with Crippen LogP contribution >= 0.6 is 11.8 Å². The molecule has 2 heteroatoms. The molecule has 0 radical (unpaired) electrons. The van der Waals surface area contributed by atoms with E-state index >= 15 is 0 Å². The van der Waals surface area contributed by atoms with E-state index in [1.165, 1.54) is 10.5 Å². The third kappa shape index (κ3) is 3.90. The molecule has 1 aromatic heterocycles. The van der Waals surface area contributed by atoms with Gasteiger partial charge in [-0.1, -0.05) is 44.2 Å². The van der Waals surface area contributed by atoms with Gasteiger partial charge in [-0.15, -0.1) is 11.8 Å². The summed E-state index contributed by atoms with van der Waals surface area (Å²) < 4.78 is 2.21. The molecule has 0 saturated heterocycles. The largest absolute Gasteiger partial charge is 0.201 e. The minimum absolute atomic E-state index is 0.639. The maximum Gasteiger partial charge on any atom is 0.173 e. The highest BCUT2D eigenvalue weighted by molar-refractivity contribution is 7.99. The summed E-state index contributed by atoms with van der Waals surface area (Å²) in [4.78, 5) is 1.34. The molecule has 2 aromatic rings. The van der Waals surface area contributed by atoms with Crippen LogP contribution in [0.4, 0.5) is 0 Å². The average Bonchev–Trinajstić information content (AvgIpc) is 2.32. The number of rotatable bonds is 4. The summed E-state index contributed by atoms with van der Waals surface area (Å²) in [7, 11) is 0. The van der Waals surface area contributed by atoms with Crippen molar-refractivity contribution in [3.8, 4) is 0 Å².